The highest BCUT2D eigenvalue weighted by atomic mass is 79.9. The van der Waals surface area contributed by atoms with Crippen LogP contribution < -0.4 is 5.32 Å². The zero-order chi connectivity index (χ0) is 14.0. The Kier molecular flexibility index (Phi) is 4.40. The summed E-state index contributed by atoms with van der Waals surface area (Å²) in [6.07, 6.45) is -2.20. The first-order valence-electron chi connectivity index (χ1n) is 6.19. The van der Waals surface area contributed by atoms with E-state index < -0.39 is 11.7 Å². The molecule has 1 N–H and O–H groups in total. The Balaban J connectivity index is 2.11. The maximum absolute atomic E-state index is 12.9. The van der Waals surface area contributed by atoms with E-state index in [1.807, 2.05) is 7.05 Å². The average Bonchev–Trinajstić information content (AvgIpc) is 2.72. The molecule has 1 aliphatic heterocycles. The van der Waals surface area contributed by atoms with E-state index in [0.717, 1.165) is 25.5 Å². The van der Waals surface area contributed by atoms with E-state index in [1.54, 1.807) is 6.07 Å². The summed E-state index contributed by atoms with van der Waals surface area (Å²) < 4.78 is 39.2. The van der Waals surface area contributed by atoms with Crippen LogP contribution in [0.1, 0.15) is 18.4 Å². The molecule has 0 aromatic heterocycles. The molecule has 1 aromatic rings. The lowest BCUT2D eigenvalue weighted by Crippen LogP contribution is -2.32. The molecule has 0 aliphatic carbocycles. The van der Waals surface area contributed by atoms with Crippen LogP contribution in [0.25, 0.3) is 0 Å². The summed E-state index contributed by atoms with van der Waals surface area (Å²) in [7, 11) is 2.01. The second-order valence-electron chi connectivity index (χ2n) is 4.85. The average molecular weight is 337 g/mol. The van der Waals surface area contributed by atoms with Crippen molar-refractivity contribution in [3.05, 3.63) is 28.2 Å². The molecule has 2 rings (SSSR count). The fraction of sp³-hybridized carbons (Fsp3) is 0.538. The zero-order valence-electron chi connectivity index (χ0n) is 10.6. The first kappa shape index (κ1) is 14.7. The van der Waals surface area contributed by atoms with Crippen molar-refractivity contribution in [2.24, 2.45) is 0 Å². The number of likely N-dealkylation sites (N-methyl/N-ethyl adjacent to an activating group) is 1. The van der Waals surface area contributed by atoms with E-state index in [9.17, 15) is 13.2 Å². The van der Waals surface area contributed by atoms with Crippen molar-refractivity contribution in [1.82, 2.24) is 4.90 Å². The van der Waals surface area contributed by atoms with Crippen LogP contribution in [0.2, 0.25) is 0 Å². The standard InChI is InChI=1S/C13H16BrF3N2/c1-19-6-2-3-10(19)8-18-12-5-4-9(14)7-11(12)13(15,16)17/h4-5,7,10,18H,2-3,6,8H2,1H3. The van der Waals surface area contributed by atoms with E-state index >= 15 is 0 Å². The molecule has 0 spiro atoms. The molecule has 1 fully saturated rings. The number of benzene rings is 1. The van der Waals surface area contributed by atoms with Gasteiger partial charge in [-0.1, -0.05) is 15.9 Å². The molecule has 0 radical (unpaired) electrons. The Morgan fingerprint density at radius 3 is 2.74 bits per heavy atom. The molecule has 6 heteroatoms. The number of hydrogen-bond acceptors (Lipinski definition) is 2. The van der Waals surface area contributed by atoms with Crippen molar-refractivity contribution in [3.8, 4) is 0 Å². The number of halogens is 4. The van der Waals surface area contributed by atoms with Gasteiger partial charge in [-0.2, -0.15) is 13.2 Å². The van der Waals surface area contributed by atoms with Crippen molar-refractivity contribution in [3.63, 3.8) is 0 Å². The van der Waals surface area contributed by atoms with Crippen molar-refractivity contribution in [2.75, 3.05) is 25.5 Å². The molecular formula is C13H16BrF3N2. The van der Waals surface area contributed by atoms with Gasteiger partial charge in [0.2, 0.25) is 0 Å². The second kappa shape index (κ2) is 5.71. The largest absolute Gasteiger partial charge is 0.418 e. The monoisotopic (exact) mass is 336 g/mol. The van der Waals surface area contributed by atoms with Gasteiger partial charge in [-0.15, -0.1) is 0 Å². The number of hydrogen-bond donors (Lipinski definition) is 1. The Bertz CT molecular complexity index is 448. The molecular weight excluding hydrogens is 321 g/mol. The molecule has 1 saturated heterocycles. The third kappa shape index (κ3) is 3.63. The van der Waals surface area contributed by atoms with Gasteiger partial charge >= 0.3 is 6.18 Å². The predicted molar refractivity (Wildman–Crippen MR) is 73.3 cm³/mol. The van der Waals surface area contributed by atoms with E-state index in [1.165, 1.54) is 6.07 Å². The highest BCUT2D eigenvalue weighted by Crippen LogP contribution is 2.36. The Labute approximate surface area is 119 Å². The van der Waals surface area contributed by atoms with Crippen molar-refractivity contribution in [2.45, 2.75) is 25.1 Å². The van der Waals surface area contributed by atoms with Gasteiger partial charge in [0.05, 0.1) is 5.56 Å². The van der Waals surface area contributed by atoms with Gasteiger partial charge < -0.3 is 10.2 Å². The molecule has 1 atom stereocenters. The number of nitrogens with one attached hydrogen (secondary N) is 1. The maximum Gasteiger partial charge on any atom is 0.418 e. The SMILES string of the molecule is CN1CCCC1CNc1ccc(Br)cc1C(F)(F)F. The summed E-state index contributed by atoms with van der Waals surface area (Å²) in [6.45, 7) is 1.56. The first-order chi connectivity index (χ1) is 8.88. The third-order valence-electron chi connectivity index (χ3n) is 3.49. The third-order valence-corrected chi connectivity index (χ3v) is 3.98. The Morgan fingerprint density at radius 1 is 1.42 bits per heavy atom. The van der Waals surface area contributed by atoms with Crippen LogP contribution in [0, 0.1) is 0 Å². The minimum absolute atomic E-state index is 0.149. The second-order valence-corrected chi connectivity index (χ2v) is 5.76. The topological polar surface area (TPSA) is 15.3 Å². The zero-order valence-corrected chi connectivity index (χ0v) is 12.2. The molecule has 2 nitrogen and oxygen atoms in total. The molecule has 0 bridgehead atoms. The summed E-state index contributed by atoms with van der Waals surface area (Å²) in [6, 6.07) is 4.52. The van der Waals surface area contributed by atoms with Crippen molar-refractivity contribution < 1.29 is 13.2 Å². The lowest BCUT2D eigenvalue weighted by Gasteiger charge is -2.22. The van der Waals surface area contributed by atoms with E-state index in [0.29, 0.717) is 17.1 Å². The molecule has 19 heavy (non-hydrogen) atoms. The lowest BCUT2D eigenvalue weighted by molar-refractivity contribution is -0.137. The number of nitrogens with zero attached hydrogens (tertiary/aromatic N) is 1. The molecule has 1 heterocycles. The maximum atomic E-state index is 12.9. The van der Waals surface area contributed by atoms with Gasteiger partial charge in [-0.3, -0.25) is 0 Å². The minimum Gasteiger partial charge on any atom is -0.383 e. The van der Waals surface area contributed by atoms with Crippen LogP contribution in [0.4, 0.5) is 18.9 Å². The van der Waals surface area contributed by atoms with Crippen LogP contribution in [-0.4, -0.2) is 31.1 Å². The van der Waals surface area contributed by atoms with Crippen LogP contribution >= 0.6 is 15.9 Å². The number of anilines is 1. The molecule has 1 unspecified atom stereocenters. The van der Waals surface area contributed by atoms with E-state index in [2.05, 4.69) is 26.1 Å². The first-order valence-corrected chi connectivity index (χ1v) is 6.98. The predicted octanol–water partition coefficient (Wildman–Crippen LogP) is 3.97. The van der Waals surface area contributed by atoms with Gasteiger partial charge in [0.25, 0.3) is 0 Å². The Hall–Kier alpha value is -0.750. The summed E-state index contributed by atoms with van der Waals surface area (Å²) in [5.41, 5.74) is -0.474. The highest BCUT2D eigenvalue weighted by molar-refractivity contribution is 9.10. The molecule has 0 saturated carbocycles. The summed E-state index contributed by atoms with van der Waals surface area (Å²) in [5.74, 6) is 0. The van der Waals surface area contributed by atoms with Gasteiger partial charge in [0.15, 0.2) is 0 Å². The smallest absolute Gasteiger partial charge is 0.383 e. The van der Waals surface area contributed by atoms with Gasteiger partial charge in [0, 0.05) is 22.7 Å². The quantitative estimate of drug-likeness (QED) is 0.898. The van der Waals surface area contributed by atoms with Crippen molar-refractivity contribution >= 4 is 21.6 Å². The highest BCUT2D eigenvalue weighted by Gasteiger charge is 2.34. The summed E-state index contributed by atoms with van der Waals surface area (Å²) in [5, 5.41) is 2.94. The van der Waals surface area contributed by atoms with Crippen LogP contribution in [-0.2, 0) is 6.18 Å². The fourth-order valence-electron chi connectivity index (χ4n) is 2.37. The fourth-order valence-corrected chi connectivity index (χ4v) is 2.73. The van der Waals surface area contributed by atoms with Crippen LogP contribution in [0.15, 0.2) is 22.7 Å². The number of likely N-dealkylation sites (tertiary alicyclic amines) is 1. The van der Waals surface area contributed by atoms with E-state index in [-0.39, 0.29) is 5.69 Å². The molecule has 1 aliphatic rings. The van der Waals surface area contributed by atoms with Crippen molar-refractivity contribution in [1.29, 1.82) is 0 Å². The lowest BCUT2D eigenvalue weighted by atomic mass is 10.1. The van der Waals surface area contributed by atoms with Crippen LogP contribution in [0.3, 0.4) is 0 Å². The normalized spacial score (nSPS) is 20.8. The Morgan fingerprint density at radius 2 is 2.16 bits per heavy atom. The minimum atomic E-state index is -4.34. The molecule has 106 valence electrons. The molecule has 1 aromatic carbocycles. The number of rotatable bonds is 3. The summed E-state index contributed by atoms with van der Waals surface area (Å²) >= 11 is 3.08. The number of alkyl halides is 3. The van der Waals surface area contributed by atoms with Gasteiger partial charge in [-0.05, 0) is 44.6 Å². The summed E-state index contributed by atoms with van der Waals surface area (Å²) in [4.78, 5) is 2.18. The molecule has 0 amide bonds. The van der Waals surface area contributed by atoms with E-state index in [4.69, 9.17) is 0 Å². The van der Waals surface area contributed by atoms with Gasteiger partial charge in [0.1, 0.15) is 0 Å². The van der Waals surface area contributed by atoms with Crippen LogP contribution in [0.5, 0.6) is 0 Å². The van der Waals surface area contributed by atoms with Gasteiger partial charge in [-0.25, -0.2) is 0 Å².